The Morgan fingerprint density at radius 2 is 1.84 bits per heavy atom. The Labute approximate surface area is 149 Å². The molecule has 0 bridgehead atoms. The molecule has 0 saturated carbocycles. The summed E-state index contributed by atoms with van der Waals surface area (Å²) >= 11 is 0. The molecular formula is C20H28N2O3. The second kappa shape index (κ2) is 6.70. The number of carbonyl (C=O) groups excluding carboxylic acids is 2. The van der Waals surface area contributed by atoms with Crippen molar-refractivity contribution in [2.75, 3.05) is 26.2 Å². The molecule has 0 aromatic heterocycles. The van der Waals surface area contributed by atoms with Crippen LogP contribution in [0.2, 0.25) is 0 Å². The van der Waals surface area contributed by atoms with Crippen molar-refractivity contribution in [1.82, 2.24) is 9.80 Å². The molecule has 25 heavy (non-hydrogen) atoms. The molecule has 5 heteroatoms. The fraction of sp³-hybridized carbons (Fsp3) is 0.600. The third-order valence-corrected chi connectivity index (χ3v) is 5.50. The van der Waals surface area contributed by atoms with Crippen molar-refractivity contribution < 1.29 is 14.3 Å². The summed E-state index contributed by atoms with van der Waals surface area (Å²) < 4.78 is 6.39. The average molecular weight is 344 g/mol. The summed E-state index contributed by atoms with van der Waals surface area (Å²) in [4.78, 5) is 29.0. The van der Waals surface area contributed by atoms with Gasteiger partial charge in [0.05, 0.1) is 12.0 Å². The van der Waals surface area contributed by atoms with Gasteiger partial charge in [-0.25, -0.2) is 4.79 Å². The Bertz CT molecular complexity index is 686. The van der Waals surface area contributed by atoms with Gasteiger partial charge < -0.3 is 14.5 Å². The molecule has 2 aliphatic rings. The number of hydrogen-bond acceptors (Lipinski definition) is 3. The Morgan fingerprint density at radius 1 is 1.20 bits per heavy atom. The summed E-state index contributed by atoms with van der Waals surface area (Å²) in [5.74, 6) is 0.905. The highest BCUT2D eigenvalue weighted by atomic mass is 16.5. The molecule has 1 aromatic rings. The Morgan fingerprint density at radius 3 is 2.44 bits per heavy atom. The molecule has 0 unspecified atom stereocenters. The van der Waals surface area contributed by atoms with E-state index in [2.05, 4.69) is 6.07 Å². The lowest BCUT2D eigenvalue weighted by Gasteiger charge is -2.45. The first kappa shape index (κ1) is 17.8. The SMILES string of the molecule is CCN(CC)C(=O)N1CCC2(CC1)CC(=O)c1cc(C)cc(C)c1O2. The largest absolute Gasteiger partial charge is 0.486 e. The van der Waals surface area contributed by atoms with E-state index < -0.39 is 5.60 Å². The van der Waals surface area contributed by atoms with Crippen molar-refractivity contribution in [3.8, 4) is 5.75 Å². The minimum Gasteiger partial charge on any atom is -0.486 e. The topological polar surface area (TPSA) is 49.9 Å². The smallest absolute Gasteiger partial charge is 0.319 e. The number of likely N-dealkylation sites (tertiary alicyclic amines) is 1. The standard InChI is InChI=1S/C20H28N2O3/c1-5-21(6-2)19(24)22-9-7-20(8-10-22)13-17(23)16-12-14(3)11-15(4)18(16)25-20/h11-12H,5-10,13H2,1-4H3. The number of Topliss-reactive ketones (excluding diaryl/α,β-unsaturated/α-hetero) is 1. The number of fused-ring (bicyclic) bond motifs is 1. The molecule has 2 amide bonds. The van der Waals surface area contributed by atoms with Gasteiger partial charge in [-0.3, -0.25) is 4.79 Å². The number of rotatable bonds is 2. The highest BCUT2D eigenvalue weighted by Gasteiger charge is 2.44. The number of aryl methyl sites for hydroxylation is 2. The van der Waals surface area contributed by atoms with Gasteiger partial charge >= 0.3 is 6.03 Å². The summed E-state index contributed by atoms with van der Waals surface area (Å²) in [6.07, 6.45) is 1.83. The van der Waals surface area contributed by atoms with E-state index in [1.54, 1.807) is 0 Å². The number of benzene rings is 1. The van der Waals surface area contributed by atoms with Crippen LogP contribution in [0.3, 0.4) is 0 Å². The molecule has 0 atom stereocenters. The van der Waals surface area contributed by atoms with Crippen LogP contribution >= 0.6 is 0 Å². The minimum atomic E-state index is -0.454. The first-order valence-corrected chi connectivity index (χ1v) is 9.26. The van der Waals surface area contributed by atoms with Gasteiger partial charge in [-0.2, -0.15) is 0 Å². The number of hydrogen-bond donors (Lipinski definition) is 0. The van der Waals surface area contributed by atoms with Crippen LogP contribution < -0.4 is 4.74 Å². The number of urea groups is 1. The molecule has 0 aliphatic carbocycles. The van der Waals surface area contributed by atoms with E-state index in [-0.39, 0.29) is 11.8 Å². The van der Waals surface area contributed by atoms with Crippen molar-refractivity contribution >= 4 is 11.8 Å². The van der Waals surface area contributed by atoms with E-state index in [1.807, 2.05) is 43.6 Å². The third-order valence-electron chi connectivity index (χ3n) is 5.50. The minimum absolute atomic E-state index is 0.0918. The van der Waals surface area contributed by atoms with Crippen LogP contribution in [0.1, 0.15) is 54.6 Å². The average Bonchev–Trinajstić information content (AvgIpc) is 2.58. The summed E-state index contributed by atoms with van der Waals surface area (Å²) in [6, 6.07) is 4.08. The molecule has 1 saturated heterocycles. The van der Waals surface area contributed by atoms with Crippen molar-refractivity contribution in [2.45, 2.75) is 52.6 Å². The van der Waals surface area contributed by atoms with Gasteiger partial charge in [0.15, 0.2) is 5.78 Å². The van der Waals surface area contributed by atoms with Crippen LogP contribution in [-0.2, 0) is 0 Å². The number of amides is 2. The van der Waals surface area contributed by atoms with E-state index in [1.165, 1.54) is 0 Å². The molecule has 0 radical (unpaired) electrons. The second-order valence-corrected chi connectivity index (χ2v) is 7.29. The zero-order valence-corrected chi connectivity index (χ0v) is 15.7. The third kappa shape index (κ3) is 3.24. The lowest BCUT2D eigenvalue weighted by molar-refractivity contribution is -0.00402. The first-order chi connectivity index (χ1) is 11.9. The predicted octanol–water partition coefficient (Wildman–Crippen LogP) is 3.57. The molecule has 1 aromatic carbocycles. The van der Waals surface area contributed by atoms with Gasteiger partial charge in [-0.05, 0) is 44.9 Å². The molecule has 5 nitrogen and oxygen atoms in total. The van der Waals surface area contributed by atoms with Crippen molar-refractivity contribution in [2.24, 2.45) is 0 Å². The molecular weight excluding hydrogens is 316 g/mol. The highest BCUT2D eigenvalue weighted by Crippen LogP contribution is 2.41. The van der Waals surface area contributed by atoms with E-state index in [4.69, 9.17) is 4.74 Å². The van der Waals surface area contributed by atoms with E-state index in [0.717, 1.165) is 30.0 Å². The van der Waals surface area contributed by atoms with Crippen molar-refractivity contribution in [1.29, 1.82) is 0 Å². The van der Waals surface area contributed by atoms with Crippen LogP contribution in [-0.4, -0.2) is 53.4 Å². The van der Waals surface area contributed by atoms with Crippen LogP contribution in [0.15, 0.2) is 12.1 Å². The molecule has 3 rings (SSSR count). The fourth-order valence-electron chi connectivity index (χ4n) is 4.02. The van der Waals surface area contributed by atoms with Gasteiger partial charge in [0.1, 0.15) is 11.4 Å². The molecule has 2 aliphatic heterocycles. The summed E-state index contributed by atoms with van der Waals surface area (Å²) in [6.45, 7) is 10.7. The maximum atomic E-state index is 12.7. The van der Waals surface area contributed by atoms with Gasteiger partial charge in [-0.1, -0.05) is 6.07 Å². The molecule has 0 N–H and O–H groups in total. The second-order valence-electron chi connectivity index (χ2n) is 7.29. The Hall–Kier alpha value is -2.04. The van der Waals surface area contributed by atoms with Gasteiger partial charge in [0.2, 0.25) is 0 Å². The quantitative estimate of drug-likeness (QED) is 0.824. The number of piperidine rings is 1. The zero-order valence-electron chi connectivity index (χ0n) is 15.7. The lowest BCUT2D eigenvalue weighted by Crippen LogP contribution is -2.54. The number of nitrogens with zero attached hydrogens (tertiary/aromatic N) is 2. The van der Waals surface area contributed by atoms with E-state index >= 15 is 0 Å². The number of carbonyl (C=O) groups is 2. The predicted molar refractivity (Wildman–Crippen MR) is 97.3 cm³/mol. The van der Waals surface area contributed by atoms with Gasteiger partial charge in [-0.15, -0.1) is 0 Å². The number of ether oxygens (including phenoxy) is 1. The fourth-order valence-corrected chi connectivity index (χ4v) is 4.02. The Kier molecular flexibility index (Phi) is 4.76. The van der Waals surface area contributed by atoms with Crippen LogP contribution in [0, 0.1) is 13.8 Å². The monoisotopic (exact) mass is 344 g/mol. The number of ketones is 1. The highest BCUT2D eigenvalue weighted by molar-refractivity contribution is 6.01. The lowest BCUT2D eigenvalue weighted by atomic mass is 9.81. The maximum absolute atomic E-state index is 12.7. The Balaban J connectivity index is 1.76. The van der Waals surface area contributed by atoms with Crippen LogP contribution in [0.25, 0.3) is 0 Å². The van der Waals surface area contributed by atoms with Crippen LogP contribution in [0.5, 0.6) is 5.75 Å². The molecule has 1 spiro atoms. The summed E-state index contributed by atoms with van der Waals surface area (Å²) in [5.41, 5.74) is 2.36. The van der Waals surface area contributed by atoms with Gasteiger partial charge in [0.25, 0.3) is 0 Å². The normalized spacial score (nSPS) is 18.7. The molecule has 2 heterocycles. The van der Waals surface area contributed by atoms with E-state index in [9.17, 15) is 9.59 Å². The maximum Gasteiger partial charge on any atom is 0.319 e. The molecule has 136 valence electrons. The summed E-state index contributed by atoms with van der Waals surface area (Å²) in [5, 5.41) is 0. The van der Waals surface area contributed by atoms with Crippen molar-refractivity contribution in [3.05, 3.63) is 28.8 Å². The molecule has 1 fully saturated rings. The first-order valence-electron chi connectivity index (χ1n) is 9.26. The van der Waals surface area contributed by atoms with Crippen LogP contribution in [0.4, 0.5) is 4.79 Å². The van der Waals surface area contributed by atoms with E-state index in [0.29, 0.717) is 37.9 Å². The van der Waals surface area contributed by atoms with Crippen molar-refractivity contribution in [3.63, 3.8) is 0 Å². The summed E-state index contributed by atoms with van der Waals surface area (Å²) in [7, 11) is 0. The zero-order chi connectivity index (χ0) is 18.2. The van der Waals surface area contributed by atoms with Gasteiger partial charge in [0, 0.05) is 39.0 Å².